The zero-order valence-corrected chi connectivity index (χ0v) is 10.2. The van der Waals surface area contributed by atoms with Crippen LogP contribution >= 0.6 is 0 Å². The molecule has 0 bridgehead atoms. The van der Waals surface area contributed by atoms with Crippen molar-refractivity contribution in [1.82, 2.24) is 4.90 Å². The SMILES string of the molecule is Cc1ccc(C2(C)CN(C)C(=O)O2)c(C)c1. The summed E-state index contributed by atoms with van der Waals surface area (Å²) >= 11 is 0. The van der Waals surface area contributed by atoms with E-state index in [2.05, 4.69) is 32.0 Å². The van der Waals surface area contributed by atoms with Crippen molar-refractivity contribution in [3.8, 4) is 0 Å². The number of carbonyl (C=O) groups is 1. The summed E-state index contributed by atoms with van der Waals surface area (Å²) in [4.78, 5) is 13.1. The number of carbonyl (C=O) groups excluding carboxylic acids is 1. The topological polar surface area (TPSA) is 29.5 Å². The van der Waals surface area contributed by atoms with E-state index in [1.54, 1.807) is 11.9 Å². The lowest BCUT2D eigenvalue weighted by molar-refractivity contribution is 0.0696. The van der Waals surface area contributed by atoms with Gasteiger partial charge in [-0.05, 0) is 26.3 Å². The second-order valence-electron chi connectivity index (χ2n) is 4.77. The van der Waals surface area contributed by atoms with Crippen LogP contribution in [0.25, 0.3) is 0 Å². The van der Waals surface area contributed by atoms with Crippen molar-refractivity contribution >= 4 is 6.09 Å². The summed E-state index contributed by atoms with van der Waals surface area (Å²) < 4.78 is 5.45. The Morgan fingerprint density at radius 3 is 2.56 bits per heavy atom. The number of cyclic esters (lactones) is 1. The third kappa shape index (κ3) is 1.66. The zero-order chi connectivity index (χ0) is 11.9. The van der Waals surface area contributed by atoms with E-state index in [9.17, 15) is 4.79 Å². The smallest absolute Gasteiger partial charge is 0.410 e. The lowest BCUT2D eigenvalue weighted by atomic mass is 9.91. The first-order valence-corrected chi connectivity index (χ1v) is 5.44. The number of hydrogen-bond donors (Lipinski definition) is 0. The molecule has 1 heterocycles. The Morgan fingerprint density at radius 2 is 2.06 bits per heavy atom. The molecule has 0 radical (unpaired) electrons. The average molecular weight is 219 g/mol. The van der Waals surface area contributed by atoms with Crippen molar-refractivity contribution in [2.24, 2.45) is 0 Å². The molecule has 3 nitrogen and oxygen atoms in total. The molecule has 1 amide bonds. The lowest BCUT2D eigenvalue weighted by Crippen LogP contribution is -2.28. The Hall–Kier alpha value is -1.51. The first-order valence-electron chi connectivity index (χ1n) is 5.44. The molecule has 1 aromatic rings. The molecule has 0 saturated carbocycles. The van der Waals surface area contributed by atoms with Gasteiger partial charge >= 0.3 is 6.09 Å². The van der Waals surface area contributed by atoms with Gasteiger partial charge in [0.25, 0.3) is 0 Å². The van der Waals surface area contributed by atoms with Crippen LogP contribution in [-0.2, 0) is 10.3 Å². The van der Waals surface area contributed by atoms with E-state index in [4.69, 9.17) is 4.74 Å². The van der Waals surface area contributed by atoms with Gasteiger partial charge in [-0.1, -0.05) is 23.8 Å². The largest absolute Gasteiger partial charge is 0.436 e. The molecule has 0 N–H and O–H groups in total. The van der Waals surface area contributed by atoms with Gasteiger partial charge in [0.2, 0.25) is 0 Å². The maximum Gasteiger partial charge on any atom is 0.410 e. The van der Waals surface area contributed by atoms with E-state index in [1.165, 1.54) is 11.1 Å². The molecule has 1 aromatic carbocycles. The van der Waals surface area contributed by atoms with Crippen LogP contribution in [0.15, 0.2) is 18.2 Å². The number of benzene rings is 1. The number of rotatable bonds is 1. The van der Waals surface area contributed by atoms with Crippen LogP contribution in [0, 0.1) is 13.8 Å². The number of ether oxygens (including phenoxy) is 1. The average Bonchev–Trinajstić information content (AvgIpc) is 2.41. The van der Waals surface area contributed by atoms with E-state index >= 15 is 0 Å². The molecule has 1 unspecified atom stereocenters. The van der Waals surface area contributed by atoms with Gasteiger partial charge in [0.05, 0.1) is 6.54 Å². The lowest BCUT2D eigenvalue weighted by Gasteiger charge is -2.24. The van der Waals surface area contributed by atoms with Gasteiger partial charge < -0.3 is 9.64 Å². The summed E-state index contributed by atoms with van der Waals surface area (Å²) in [5, 5.41) is 0. The highest BCUT2D eigenvalue weighted by atomic mass is 16.6. The second-order valence-corrected chi connectivity index (χ2v) is 4.77. The summed E-state index contributed by atoms with van der Waals surface area (Å²) in [7, 11) is 1.76. The molecule has 1 aliphatic rings. The van der Waals surface area contributed by atoms with Crippen LogP contribution in [0.3, 0.4) is 0 Å². The first kappa shape index (κ1) is 11.0. The predicted octanol–water partition coefficient (Wildman–Crippen LogP) is 2.60. The summed E-state index contributed by atoms with van der Waals surface area (Å²) in [5.41, 5.74) is 2.98. The standard InChI is InChI=1S/C13H17NO2/c1-9-5-6-11(10(2)7-9)13(3)8-14(4)12(15)16-13/h5-7H,8H2,1-4H3. The molecule has 1 fully saturated rings. The predicted molar refractivity (Wildman–Crippen MR) is 62.4 cm³/mol. The molecule has 0 aliphatic carbocycles. The van der Waals surface area contributed by atoms with Gasteiger partial charge in [0.1, 0.15) is 0 Å². The molecule has 86 valence electrons. The summed E-state index contributed by atoms with van der Waals surface area (Å²) in [6.07, 6.45) is -0.248. The molecule has 1 saturated heterocycles. The van der Waals surface area contributed by atoms with Crippen LogP contribution < -0.4 is 0 Å². The van der Waals surface area contributed by atoms with Gasteiger partial charge in [-0.15, -0.1) is 0 Å². The van der Waals surface area contributed by atoms with E-state index in [0.717, 1.165) is 5.56 Å². The molecule has 16 heavy (non-hydrogen) atoms. The summed E-state index contributed by atoms with van der Waals surface area (Å²) in [5.74, 6) is 0. The molecule has 1 atom stereocenters. The molecule has 1 aliphatic heterocycles. The van der Waals surface area contributed by atoms with Gasteiger partial charge in [0.15, 0.2) is 5.60 Å². The highest BCUT2D eigenvalue weighted by molar-refractivity contribution is 5.70. The van der Waals surface area contributed by atoms with Gasteiger partial charge in [-0.3, -0.25) is 0 Å². The van der Waals surface area contributed by atoms with Crippen LogP contribution in [0.2, 0.25) is 0 Å². The monoisotopic (exact) mass is 219 g/mol. The Balaban J connectivity index is 2.41. The van der Waals surface area contributed by atoms with Crippen LogP contribution in [-0.4, -0.2) is 24.6 Å². The van der Waals surface area contributed by atoms with E-state index in [0.29, 0.717) is 6.54 Å². The minimum absolute atomic E-state index is 0.248. The fourth-order valence-corrected chi connectivity index (χ4v) is 2.37. The summed E-state index contributed by atoms with van der Waals surface area (Å²) in [6, 6.07) is 6.23. The minimum Gasteiger partial charge on any atom is -0.436 e. The number of hydrogen-bond acceptors (Lipinski definition) is 2. The molecule has 2 rings (SSSR count). The van der Waals surface area contributed by atoms with Crippen molar-refractivity contribution in [2.45, 2.75) is 26.4 Å². The fraction of sp³-hybridized carbons (Fsp3) is 0.462. The third-order valence-electron chi connectivity index (χ3n) is 3.11. The number of aryl methyl sites for hydroxylation is 2. The number of likely N-dealkylation sites (N-methyl/N-ethyl adjacent to an activating group) is 1. The highest BCUT2D eigenvalue weighted by Crippen LogP contribution is 2.34. The maximum absolute atomic E-state index is 11.4. The minimum atomic E-state index is -0.510. The van der Waals surface area contributed by atoms with Crippen molar-refractivity contribution in [1.29, 1.82) is 0 Å². The Kier molecular flexibility index (Phi) is 2.41. The Labute approximate surface area is 96.0 Å². The van der Waals surface area contributed by atoms with Crippen LogP contribution in [0.5, 0.6) is 0 Å². The second kappa shape index (κ2) is 3.51. The molecule has 0 aromatic heterocycles. The Morgan fingerprint density at radius 1 is 1.38 bits per heavy atom. The summed E-state index contributed by atoms with van der Waals surface area (Å²) in [6.45, 7) is 6.69. The fourth-order valence-electron chi connectivity index (χ4n) is 2.37. The van der Waals surface area contributed by atoms with Crippen molar-refractivity contribution in [2.75, 3.05) is 13.6 Å². The normalized spacial score (nSPS) is 24.8. The Bertz CT molecular complexity index is 442. The van der Waals surface area contributed by atoms with Crippen LogP contribution in [0.4, 0.5) is 4.79 Å². The molecule has 0 spiro atoms. The molecular weight excluding hydrogens is 202 g/mol. The maximum atomic E-state index is 11.4. The van der Waals surface area contributed by atoms with Gasteiger partial charge in [0, 0.05) is 12.6 Å². The van der Waals surface area contributed by atoms with E-state index in [1.807, 2.05) is 6.92 Å². The molecular formula is C13H17NO2. The van der Waals surface area contributed by atoms with Crippen LogP contribution in [0.1, 0.15) is 23.6 Å². The third-order valence-corrected chi connectivity index (χ3v) is 3.11. The highest BCUT2D eigenvalue weighted by Gasteiger charge is 2.41. The molecule has 3 heteroatoms. The zero-order valence-electron chi connectivity index (χ0n) is 10.2. The van der Waals surface area contributed by atoms with Crippen molar-refractivity contribution < 1.29 is 9.53 Å². The van der Waals surface area contributed by atoms with Gasteiger partial charge in [-0.25, -0.2) is 4.79 Å². The van der Waals surface area contributed by atoms with E-state index < -0.39 is 5.60 Å². The first-order chi connectivity index (χ1) is 7.42. The van der Waals surface area contributed by atoms with Gasteiger partial charge in [-0.2, -0.15) is 0 Å². The van der Waals surface area contributed by atoms with Crippen molar-refractivity contribution in [3.63, 3.8) is 0 Å². The quantitative estimate of drug-likeness (QED) is 0.726. The van der Waals surface area contributed by atoms with Crippen molar-refractivity contribution in [3.05, 3.63) is 34.9 Å². The van der Waals surface area contributed by atoms with E-state index in [-0.39, 0.29) is 6.09 Å². The number of amides is 1. The number of nitrogens with zero attached hydrogens (tertiary/aromatic N) is 1.